The van der Waals surface area contributed by atoms with E-state index in [0.29, 0.717) is 0 Å². The quantitative estimate of drug-likeness (QED) is 0.131. The van der Waals surface area contributed by atoms with Gasteiger partial charge in [0, 0.05) is 41.5 Å². The smallest absolute Gasteiger partial charge is 0.303 e. The summed E-state index contributed by atoms with van der Waals surface area (Å²) in [7, 11) is 0. The number of aliphatic hydroxyl groups is 1. The van der Waals surface area contributed by atoms with Crippen molar-refractivity contribution in [3.8, 4) is 0 Å². The van der Waals surface area contributed by atoms with Crippen LogP contribution in [0.2, 0.25) is 0 Å². The Morgan fingerprint density at radius 1 is 0.585 bits per heavy atom. The van der Waals surface area contributed by atoms with Gasteiger partial charge in [0.05, 0.1) is 0 Å². The zero-order valence-electron chi connectivity index (χ0n) is 23.1. The summed E-state index contributed by atoms with van der Waals surface area (Å²) in [5.74, 6) is -4.67. The van der Waals surface area contributed by atoms with Crippen LogP contribution in [-0.4, -0.2) is 113 Å². The second-order valence-electron chi connectivity index (χ2n) is 9.05. The Hall–Kier alpha value is -2.61. The first kappa shape index (κ1) is 34.6. The van der Waals surface area contributed by atoms with Crippen LogP contribution in [0.3, 0.4) is 0 Å². The summed E-state index contributed by atoms with van der Waals surface area (Å²) in [6, 6.07) is 0. The van der Waals surface area contributed by atoms with Crippen molar-refractivity contribution in [1.82, 2.24) is 0 Å². The normalized spacial score (nSPS) is 33.1. The van der Waals surface area contributed by atoms with Gasteiger partial charge in [-0.15, -0.1) is 0 Å². The molecular formula is C24H33IO16. The summed E-state index contributed by atoms with van der Waals surface area (Å²) in [5.41, 5.74) is 0. The van der Waals surface area contributed by atoms with E-state index in [-0.39, 0.29) is 0 Å². The fourth-order valence-corrected chi connectivity index (χ4v) is 4.89. The number of esters is 6. The number of ether oxygens (including phenoxy) is 9. The van der Waals surface area contributed by atoms with Gasteiger partial charge in [-0.3, -0.25) is 28.8 Å². The van der Waals surface area contributed by atoms with E-state index in [1.165, 1.54) is 0 Å². The van der Waals surface area contributed by atoms with E-state index >= 15 is 0 Å². The third-order valence-electron chi connectivity index (χ3n) is 5.58. The molecule has 2 saturated heterocycles. The molecule has 0 bridgehead atoms. The minimum Gasteiger partial charge on any atom is -0.463 e. The predicted molar refractivity (Wildman–Crippen MR) is 138 cm³/mol. The molecule has 0 amide bonds. The van der Waals surface area contributed by atoms with E-state index in [0.717, 1.165) is 41.5 Å². The monoisotopic (exact) mass is 704 g/mol. The van der Waals surface area contributed by atoms with Gasteiger partial charge in [-0.1, -0.05) is 22.6 Å². The molecule has 0 radical (unpaired) electrons. The fourth-order valence-electron chi connectivity index (χ4n) is 4.16. The second-order valence-corrected chi connectivity index (χ2v) is 10.5. The van der Waals surface area contributed by atoms with E-state index in [9.17, 15) is 33.9 Å². The van der Waals surface area contributed by atoms with Crippen molar-refractivity contribution in [3.05, 3.63) is 0 Å². The molecule has 2 rings (SSSR count). The Balaban J connectivity index is 2.58. The fraction of sp³-hybridized carbons (Fsp3) is 0.750. The summed E-state index contributed by atoms with van der Waals surface area (Å²) < 4.78 is 48.4. The number of hydrogen-bond acceptors (Lipinski definition) is 16. The Morgan fingerprint density at radius 2 is 1.00 bits per heavy atom. The highest BCUT2D eigenvalue weighted by molar-refractivity contribution is 14.1. The lowest BCUT2D eigenvalue weighted by Crippen LogP contribution is -2.66. The van der Waals surface area contributed by atoms with E-state index in [2.05, 4.69) is 0 Å². The van der Waals surface area contributed by atoms with Gasteiger partial charge in [0.2, 0.25) is 0 Å². The lowest BCUT2D eigenvalue weighted by molar-refractivity contribution is -0.342. The van der Waals surface area contributed by atoms with Gasteiger partial charge < -0.3 is 47.7 Å². The first-order valence-corrected chi connectivity index (χ1v) is 13.6. The average Bonchev–Trinajstić information content (AvgIpc) is 2.83. The molecule has 0 aliphatic carbocycles. The SMILES string of the molecule is CC(=O)OC[C@H]1O[C@H](O[C@H]2[C@H](OC(C)=O)[C@H](I)[C@@H](O)O[C@@H]2COC(C)=O)[C@H](OC(C)=O)[C@@H](OC(C)=O)[C@@H]1OC(C)=O. The molecule has 0 unspecified atom stereocenters. The number of carbonyl (C=O) groups excluding carboxylic acids is 6. The first-order valence-electron chi connectivity index (χ1n) is 12.3. The largest absolute Gasteiger partial charge is 0.463 e. The van der Waals surface area contributed by atoms with Crippen molar-refractivity contribution < 1.29 is 76.5 Å². The molecule has 1 N–H and O–H groups in total. The summed E-state index contributed by atoms with van der Waals surface area (Å²) in [4.78, 5) is 71.2. The van der Waals surface area contributed by atoms with Crippen LogP contribution in [0.1, 0.15) is 41.5 Å². The molecule has 0 spiro atoms. The molecule has 2 fully saturated rings. The Morgan fingerprint density at radius 3 is 1.46 bits per heavy atom. The molecule has 0 aromatic heterocycles. The number of aliphatic hydroxyl groups excluding tert-OH is 1. The van der Waals surface area contributed by atoms with E-state index in [4.69, 9.17) is 42.6 Å². The van der Waals surface area contributed by atoms with Gasteiger partial charge in [-0.25, -0.2) is 0 Å². The number of hydrogen-bond donors (Lipinski definition) is 1. The predicted octanol–water partition coefficient (Wildman–Crippen LogP) is -0.530. The van der Waals surface area contributed by atoms with Crippen molar-refractivity contribution in [2.24, 2.45) is 0 Å². The summed E-state index contributed by atoms with van der Waals surface area (Å²) >= 11 is 1.78. The minimum atomic E-state index is -1.65. The second kappa shape index (κ2) is 15.6. The van der Waals surface area contributed by atoms with Gasteiger partial charge >= 0.3 is 35.8 Å². The Labute approximate surface area is 248 Å². The lowest BCUT2D eigenvalue weighted by atomic mass is 9.97. The zero-order valence-corrected chi connectivity index (χ0v) is 25.3. The van der Waals surface area contributed by atoms with Gasteiger partial charge in [-0.05, 0) is 0 Å². The third kappa shape index (κ3) is 10.3. The molecule has 0 aromatic rings. The molecule has 0 saturated carbocycles. The maximum Gasteiger partial charge on any atom is 0.303 e. The highest BCUT2D eigenvalue weighted by Gasteiger charge is 2.56. The number of alkyl halides is 1. The van der Waals surface area contributed by atoms with Crippen LogP contribution in [0.4, 0.5) is 0 Å². The van der Waals surface area contributed by atoms with Gasteiger partial charge in [0.1, 0.15) is 41.6 Å². The van der Waals surface area contributed by atoms with Gasteiger partial charge in [-0.2, -0.15) is 0 Å². The Bertz CT molecular complexity index is 987. The molecule has 16 nitrogen and oxygen atoms in total. The Kier molecular flexibility index (Phi) is 13.1. The highest BCUT2D eigenvalue weighted by atomic mass is 127. The molecular weight excluding hydrogens is 671 g/mol. The number of carbonyl (C=O) groups is 6. The molecule has 10 atom stereocenters. The van der Waals surface area contributed by atoms with Gasteiger partial charge in [0.25, 0.3) is 0 Å². The van der Waals surface area contributed by atoms with Crippen LogP contribution in [0.25, 0.3) is 0 Å². The van der Waals surface area contributed by atoms with Crippen LogP contribution >= 0.6 is 22.6 Å². The van der Waals surface area contributed by atoms with Crippen molar-refractivity contribution in [3.63, 3.8) is 0 Å². The maximum atomic E-state index is 12.1. The lowest BCUT2D eigenvalue weighted by Gasteiger charge is -2.47. The molecule has 2 aliphatic rings. The summed E-state index contributed by atoms with van der Waals surface area (Å²) in [6.07, 6.45) is -12.8. The van der Waals surface area contributed by atoms with Crippen LogP contribution in [0.5, 0.6) is 0 Å². The molecule has 2 heterocycles. The molecule has 0 aromatic carbocycles. The van der Waals surface area contributed by atoms with Crippen LogP contribution in [0.15, 0.2) is 0 Å². The van der Waals surface area contributed by atoms with Crippen molar-refractivity contribution in [1.29, 1.82) is 0 Å². The number of rotatable bonds is 10. The number of halogens is 1. The topological polar surface area (TPSA) is 206 Å². The molecule has 2 aliphatic heterocycles. The maximum absolute atomic E-state index is 12.1. The molecule has 17 heteroatoms. The van der Waals surface area contributed by atoms with E-state index in [1.54, 1.807) is 22.6 Å². The van der Waals surface area contributed by atoms with Crippen LogP contribution < -0.4 is 0 Å². The standard InChI is InChI=1S/C24H33IO16/c1-9(26)33-7-15-18(20(36-12(4)29)17(25)23(32)39-15)41-24-22(38-14(6)31)21(37-13(5)30)19(35-11(3)28)16(40-24)8-34-10(2)27/h15-24,32H,7-8H2,1-6H3/t15-,16-,17+,18-,19-,20-,21+,22-,23+,24-/m1/s1. The van der Waals surface area contributed by atoms with Crippen LogP contribution in [-0.2, 0) is 71.4 Å². The first-order chi connectivity index (χ1) is 19.1. The van der Waals surface area contributed by atoms with Crippen molar-refractivity contribution in [2.75, 3.05) is 13.2 Å². The van der Waals surface area contributed by atoms with Crippen LogP contribution in [0, 0.1) is 0 Å². The minimum absolute atomic E-state index is 0.455. The third-order valence-corrected chi connectivity index (χ3v) is 6.91. The average molecular weight is 704 g/mol. The van der Waals surface area contributed by atoms with E-state index < -0.39 is 108 Å². The summed E-state index contributed by atoms with van der Waals surface area (Å²) in [5, 5.41) is 10.4. The van der Waals surface area contributed by atoms with E-state index in [1.807, 2.05) is 0 Å². The highest BCUT2D eigenvalue weighted by Crippen LogP contribution is 2.35. The van der Waals surface area contributed by atoms with Gasteiger partial charge in [0.15, 0.2) is 30.9 Å². The molecule has 41 heavy (non-hydrogen) atoms. The molecule has 232 valence electrons. The van der Waals surface area contributed by atoms with Crippen molar-refractivity contribution >= 4 is 58.4 Å². The summed E-state index contributed by atoms with van der Waals surface area (Å²) in [6.45, 7) is 5.62. The zero-order chi connectivity index (χ0) is 31.0. The van der Waals surface area contributed by atoms with Crippen molar-refractivity contribution in [2.45, 2.75) is 101 Å².